The SMILES string of the molecule is FCCNc1ccc2c(c1)COC2. The van der Waals surface area contributed by atoms with E-state index >= 15 is 0 Å². The average molecular weight is 181 g/mol. The molecule has 0 spiro atoms. The van der Waals surface area contributed by atoms with Crippen molar-refractivity contribution >= 4 is 5.69 Å². The Hall–Kier alpha value is -1.09. The highest BCUT2D eigenvalue weighted by atomic mass is 19.1. The minimum absolute atomic E-state index is 0.340. The molecule has 13 heavy (non-hydrogen) atoms. The number of halogens is 1. The second-order valence-electron chi connectivity index (χ2n) is 3.09. The molecule has 0 saturated heterocycles. The van der Waals surface area contributed by atoms with Crippen molar-refractivity contribution in [3.05, 3.63) is 29.3 Å². The maximum atomic E-state index is 11.9. The van der Waals surface area contributed by atoms with Gasteiger partial charge in [-0.15, -0.1) is 0 Å². The summed E-state index contributed by atoms with van der Waals surface area (Å²) >= 11 is 0. The molecule has 70 valence electrons. The molecule has 0 saturated carbocycles. The smallest absolute Gasteiger partial charge is 0.107 e. The van der Waals surface area contributed by atoms with Crippen molar-refractivity contribution in [3.63, 3.8) is 0 Å². The van der Waals surface area contributed by atoms with Crippen LogP contribution in [0, 0.1) is 0 Å². The minimum Gasteiger partial charge on any atom is -0.382 e. The van der Waals surface area contributed by atoms with E-state index in [1.54, 1.807) is 0 Å². The van der Waals surface area contributed by atoms with Gasteiger partial charge in [0.15, 0.2) is 0 Å². The van der Waals surface area contributed by atoms with Crippen molar-refractivity contribution in [2.75, 3.05) is 18.5 Å². The van der Waals surface area contributed by atoms with Crippen LogP contribution in [0.15, 0.2) is 18.2 Å². The highest BCUT2D eigenvalue weighted by Crippen LogP contribution is 2.22. The molecule has 2 nitrogen and oxygen atoms in total. The lowest BCUT2D eigenvalue weighted by Crippen LogP contribution is -2.03. The first-order valence-corrected chi connectivity index (χ1v) is 4.39. The van der Waals surface area contributed by atoms with E-state index in [9.17, 15) is 4.39 Å². The Morgan fingerprint density at radius 3 is 3.00 bits per heavy atom. The summed E-state index contributed by atoms with van der Waals surface area (Å²) in [4.78, 5) is 0. The van der Waals surface area contributed by atoms with Crippen molar-refractivity contribution in [3.8, 4) is 0 Å². The van der Waals surface area contributed by atoms with Gasteiger partial charge in [-0.2, -0.15) is 0 Å². The van der Waals surface area contributed by atoms with Crippen LogP contribution in [0.5, 0.6) is 0 Å². The van der Waals surface area contributed by atoms with Crippen LogP contribution >= 0.6 is 0 Å². The summed E-state index contributed by atoms with van der Waals surface area (Å²) in [5.74, 6) is 0. The Balaban J connectivity index is 2.12. The van der Waals surface area contributed by atoms with Gasteiger partial charge in [0, 0.05) is 12.2 Å². The maximum Gasteiger partial charge on any atom is 0.107 e. The normalized spacial score (nSPS) is 14.2. The maximum absolute atomic E-state index is 11.9. The van der Waals surface area contributed by atoms with Gasteiger partial charge in [0.05, 0.1) is 13.2 Å². The van der Waals surface area contributed by atoms with E-state index in [2.05, 4.69) is 5.32 Å². The van der Waals surface area contributed by atoms with Crippen LogP contribution in [-0.2, 0) is 18.0 Å². The van der Waals surface area contributed by atoms with Crippen LogP contribution < -0.4 is 5.32 Å². The lowest BCUT2D eigenvalue weighted by molar-refractivity contribution is 0.134. The molecule has 1 aliphatic heterocycles. The second-order valence-corrected chi connectivity index (χ2v) is 3.09. The lowest BCUT2D eigenvalue weighted by atomic mass is 10.1. The first-order valence-electron chi connectivity index (χ1n) is 4.39. The molecule has 1 aromatic carbocycles. The van der Waals surface area contributed by atoms with Gasteiger partial charge >= 0.3 is 0 Å². The highest BCUT2D eigenvalue weighted by molar-refractivity contribution is 5.49. The molecular weight excluding hydrogens is 169 g/mol. The topological polar surface area (TPSA) is 21.3 Å². The molecule has 0 fully saturated rings. The van der Waals surface area contributed by atoms with Gasteiger partial charge in [0.2, 0.25) is 0 Å². The number of anilines is 1. The molecule has 0 aliphatic carbocycles. The fourth-order valence-electron chi connectivity index (χ4n) is 1.47. The average Bonchev–Trinajstić information content (AvgIpc) is 2.61. The Labute approximate surface area is 76.7 Å². The fraction of sp³-hybridized carbons (Fsp3) is 0.400. The molecule has 2 rings (SSSR count). The third kappa shape index (κ3) is 1.80. The van der Waals surface area contributed by atoms with Crippen LogP contribution in [0.25, 0.3) is 0 Å². The largest absolute Gasteiger partial charge is 0.382 e. The van der Waals surface area contributed by atoms with Crippen molar-refractivity contribution in [2.24, 2.45) is 0 Å². The Morgan fingerprint density at radius 2 is 2.15 bits per heavy atom. The van der Waals surface area contributed by atoms with Crippen molar-refractivity contribution in [2.45, 2.75) is 13.2 Å². The molecule has 3 heteroatoms. The monoisotopic (exact) mass is 181 g/mol. The molecular formula is C10H12FNO. The highest BCUT2D eigenvalue weighted by Gasteiger charge is 2.10. The van der Waals surface area contributed by atoms with E-state index in [4.69, 9.17) is 4.74 Å². The number of hydrogen-bond donors (Lipinski definition) is 1. The minimum atomic E-state index is -0.340. The number of fused-ring (bicyclic) bond motifs is 1. The summed E-state index contributed by atoms with van der Waals surface area (Å²) in [7, 11) is 0. The van der Waals surface area contributed by atoms with Crippen LogP contribution in [-0.4, -0.2) is 13.2 Å². The summed E-state index contributed by atoms with van der Waals surface area (Å²) in [5, 5.41) is 2.99. The third-order valence-corrected chi connectivity index (χ3v) is 2.15. The van der Waals surface area contributed by atoms with Gasteiger partial charge in [-0.3, -0.25) is 0 Å². The predicted octanol–water partition coefficient (Wildman–Crippen LogP) is 2.10. The number of ether oxygens (including phenoxy) is 1. The standard InChI is InChI=1S/C10H12FNO/c11-3-4-12-10-2-1-8-6-13-7-9(8)5-10/h1-2,5,12H,3-4,6-7H2. The van der Waals surface area contributed by atoms with Crippen LogP contribution in [0.1, 0.15) is 11.1 Å². The molecule has 1 aromatic rings. The Morgan fingerprint density at radius 1 is 1.31 bits per heavy atom. The number of hydrogen-bond acceptors (Lipinski definition) is 2. The molecule has 1 aliphatic rings. The van der Waals surface area contributed by atoms with Crippen molar-refractivity contribution in [1.29, 1.82) is 0 Å². The lowest BCUT2D eigenvalue weighted by Gasteiger charge is -2.04. The van der Waals surface area contributed by atoms with E-state index in [1.165, 1.54) is 11.1 Å². The van der Waals surface area contributed by atoms with Gasteiger partial charge in [0.25, 0.3) is 0 Å². The summed E-state index contributed by atoms with van der Waals surface area (Å²) in [6.45, 7) is 1.42. The van der Waals surface area contributed by atoms with Gasteiger partial charge in [-0.25, -0.2) is 4.39 Å². The van der Waals surface area contributed by atoms with Gasteiger partial charge in [0.1, 0.15) is 6.67 Å². The summed E-state index contributed by atoms with van der Waals surface area (Å²) in [5.41, 5.74) is 3.43. The van der Waals surface area contributed by atoms with Crippen LogP contribution in [0.2, 0.25) is 0 Å². The van der Waals surface area contributed by atoms with Gasteiger partial charge < -0.3 is 10.1 Å². The molecule has 0 amide bonds. The Bertz CT molecular complexity index is 301. The van der Waals surface area contributed by atoms with Crippen LogP contribution in [0.4, 0.5) is 10.1 Å². The van der Waals surface area contributed by atoms with Gasteiger partial charge in [-0.05, 0) is 23.3 Å². The number of benzene rings is 1. The zero-order chi connectivity index (χ0) is 9.10. The molecule has 0 atom stereocenters. The number of alkyl halides is 1. The number of nitrogens with one attached hydrogen (secondary N) is 1. The molecule has 0 aromatic heterocycles. The van der Waals surface area contributed by atoms with E-state index in [-0.39, 0.29) is 6.67 Å². The van der Waals surface area contributed by atoms with Crippen molar-refractivity contribution < 1.29 is 9.13 Å². The molecule has 0 unspecified atom stereocenters. The van der Waals surface area contributed by atoms with Gasteiger partial charge in [-0.1, -0.05) is 6.07 Å². The zero-order valence-corrected chi connectivity index (χ0v) is 7.35. The molecule has 1 heterocycles. The van der Waals surface area contributed by atoms with Crippen molar-refractivity contribution in [1.82, 2.24) is 0 Å². The third-order valence-electron chi connectivity index (χ3n) is 2.15. The molecule has 1 N–H and O–H groups in total. The van der Waals surface area contributed by atoms with E-state index in [0.717, 1.165) is 5.69 Å². The zero-order valence-electron chi connectivity index (χ0n) is 7.35. The number of rotatable bonds is 3. The molecule has 0 bridgehead atoms. The predicted molar refractivity (Wildman–Crippen MR) is 49.4 cm³/mol. The van der Waals surface area contributed by atoms with E-state index in [0.29, 0.717) is 19.8 Å². The summed E-state index contributed by atoms with van der Waals surface area (Å²) < 4.78 is 17.1. The van der Waals surface area contributed by atoms with Crippen LogP contribution in [0.3, 0.4) is 0 Å². The van der Waals surface area contributed by atoms with E-state index < -0.39 is 0 Å². The quantitative estimate of drug-likeness (QED) is 0.771. The first-order chi connectivity index (χ1) is 6.40. The Kier molecular flexibility index (Phi) is 2.45. The van der Waals surface area contributed by atoms with E-state index in [1.807, 2.05) is 18.2 Å². The summed E-state index contributed by atoms with van der Waals surface area (Å²) in [6, 6.07) is 6.02. The fourth-order valence-corrected chi connectivity index (χ4v) is 1.47. The first kappa shape index (κ1) is 8.51. The summed E-state index contributed by atoms with van der Waals surface area (Å²) in [6.07, 6.45) is 0. The second kappa shape index (κ2) is 3.75. The molecule has 0 radical (unpaired) electrons.